The van der Waals surface area contributed by atoms with Crippen molar-refractivity contribution < 1.29 is 8.78 Å². The largest absolute Gasteiger partial charge is 0.384 e. The van der Waals surface area contributed by atoms with Gasteiger partial charge in [0.05, 0.1) is 33.7 Å². The molecule has 16 heteroatoms. The minimum Gasteiger partial charge on any atom is -0.384 e. The summed E-state index contributed by atoms with van der Waals surface area (Å²) in [5.41, 5.74) is 24.2. The van der Waals surface area contributed by atoms with Gasteiger partial charge in [0.2, 0.25) is 11.7 Å². The predicted molar refractivity (Wildman–Crippen MR) is 210 cm³/mol. The minimum absolute atomic E-state index is 0.258. The number of anilines is 4. The van der Waals surface area contributed by atoms with Crippen molar-refractivity contribution in [3.63, 3.8) is 0 Å². The van der Waals surface area contributed by atoms with Crippen LogP contribution in [0.5, 0.6) is 0 Å². The maximum Gasteiger partial charge on any atom is 0.231 e. The van der Waals surface area contributed by atoms with E-state index in [1.165, 1.54) is 24.3 Å². The number of fused-ring (bicyclic) bond motifs is 2. The normalized spacial score (nSPS) is 15.0. The van der Waals surface area contributed by atoms with Crippen molar-refractivity contribution in [2.24, 2.45) is 16.5 Å². The van der Waals surface area contributed by atoms with E-state index in [-0.39, 0.29) is 29.2 Å². The first-order valence-electron chi connectivity index (χ1n) is 16.9. The highest BCUT2D eigenvalue weighted by atomic mass is 19.1. The number of nitrogens with zero attached hydrogens (tertiary/aromatic N) is 9. The van der Waals surface area contributed by atoms with Crippen molar-refractivity contribution >= 4 is 56.9 Å². The summed E-state index contributed by atoms with van der Waals surface area (Å²) in [6.45, 7) is 3.65. The second-order valence-corrected chi connectivity index (χ2v) is 12.9. The summed E-state index contributed by atoms with van der Waals surface area (Å²) in [5, 5.41) is 15.2. The van der Waals surface area contributed by atoms with Gasteiger partial charge in [-0.3, -0.25) is 14.9 Å². The number of aromatic nitrogens is 6. The van der Waals surface area contributed by atoms with Crippen LogP contribution in [-0.4, -0.2) is 49.0 Å². The molecule has 8 rings (SSSR count). The second-order valence-electron chi connectivity index (χ2n) is 12.9. The van der Waals surface area contributed by atoms with Crippen LogP contribution in [0.1, 0.15) is 22.8 Å². The Balaban J connectivity index is 0.000000169. The van der Waals surface area contributed by atoms with Gasteiger partial charge >= 0.3 is 0 Å². The lowest BCUT2D eigenvalue weighted by Gasteiger charge is -2.33. The molecule has 0 fully saturated rings. The molecule has 0 radical (unpaired) electrons. The Morgan fingerprint density at radius 3 is 1.98 bits per heavy atom. The standard InChI is InChI=1S/C20H22FN7.C19H14FN7/c1-12-24-16-9-6-14(21)10-17(16)28(12)19-11-18(22)25-20(23,26-19)13-4-7-15(8-5-13)27(2)3;1-11-23-15-7-4-13(20)8-16(15)27(11)18-9-17(22)25-19(26-18)24-14-5-2-12(10-21)3-6-14/h4-11,26H,23H2,1-3H3,(H2,22,25);2-9H,1H3,(H3,22,24,25,26). The Kier molecular flexibility index (Phi) is 9.30. The summed E-state index contributed by atoms with van der Waals surface area (Å²) < 4.78 is 31.1. The molecule has 0 amide bonds. The Labute approximate surface area is 314 Å². The number of amidine groups is 1. The number of aryl methyl sites for hydroxylation is 2. The van der Waals surface area contributed by atoms with Crippen molar-refractivity contribution in [2.75, 3.05) is 30.0 Å². The minimum atomic E-state index is -1.25. The molecule has 4 aromatic carbocycles. The zero-order chi connectivity index (χ0) is 39.0. The topological polar surface area (TPSA) is 203 Å². The maximum absolute atomic E-state index is 13.8. The van der Waals surface area contributed by atoms with Gasteiger partial charge in [0.25, 0.3) is 0 Å². The fourth-order valence-electron chi connectivity index (χ4n) is 6.22. The molecule has 55 heavy (non-hydrogen) atoms. The van der Waals surface area contributed by atoms with E-state index < -0.39 is 5.79 Å². The zero-order valence-electron chi connectivity index (χ0n) is 30.3. The number of halogens is 2. The number of nitrogens with two attached hydrogens (primary N) is 3. The number of aliphatic imine (C=N–C) groups is 1. The monoisotopic (exact) mass is 738 g/mol. The van der Waals surface area contributed by atoms with Crippen molar-refractivity contribution in [2.45, 2.75) is 19.6 Å². The molecule has 1 aliphatic heterocycles. The zero-order valence-corrected chi connectivity index (χ0v) is 30.3. The highest BCUT2D eigenvalue weighted by Gasteiger charge is 2.32. The summed E-state index contributed by atoms with van der Waals surface area (Å²) in [7, 11) is 3.93. The highest BCUT2D eigenvalue weighted by Crippen LogP contribution is 2.29. The Hall–Kier alpha value is -7.38. The fraction of sp³-hybridized carbons (Fsp3) is 0.128. The molecule has 0 spiro atoms. The Morgan fingerprint density at radius 1 is 0.782 bits per heavy atom. The molecule has 0 saturated carbocycles. The lowest BCUT2D eigenvalue weighted by molar-refractivity contribution is 0.411. The van der Waals surface area contributed by atoms with Gasteiger partial charge in [0.15, 0.2) is 0 Å². The molecule has 8 N–H and O–H groups in total. The van der Waals surface area contributed by atoms with Crippen LogP contribution in [-0.2, 0) is 5.79 Å². The van der Waals surface area contributed by atoms with E-state index in [0.29, 0.717) is 56.6 Å². The molecule has 0 aliphatic carbocycles. The molecule has 7 aromatic rings. The summed E-state index contributed by atoms with van der Waals surface area (Å²) in [6.07, 6.45) is 1.67. The van der Waals surface area contributed by atoms with E-state index in [1.54, 1.807) is 57.7 Å². The average molecular weight is 739 g/mol. The summed E-state index contributed by atoms with van der Waals surface area (Å²) in [4.78, 5) is 24.0. The summed E-state index contributed by atoms with van der Waals surface area (Å²) >= 11 is 0. The lowest BCUT2D eigenvalue weighted by atomic mass is 10.1. The SMILES string of the molecule is Cc1nc2ccc(F)cc2n1-c1cc(N)nc(Nc2ccc(C#N)cc2)n1.Cc1nc2ccc(F)cc2n1C1=CC(N)=NC(N)(c2ccc(N(C)C)cc2)N1. The van der Waals surface area contributed by atoms with E-state index in [9.17, 15) is 8.78 Å². The first-order valence-corrected chi connectivity index (χ1v) is 16.9. The smallest absolute Gasteiger partial charge is 0.231 e. The third-order valence-corrected chi connectivity index (χ3v) is 8.77. The first kappa shape index (κ1) is 36.0. The molecular formula is C39H36F2N14. The second kappa shape index (κ2) is 14.2. The van der Waals surface area contributed by atoms with Gasteiger partial charge in [-0.25, -0.2) is 23.7 Å². The molecule has 0 saturated heterocycles. The van der Waals surface area contributed by atoms with E-state index in [2.05, 4.69) is 41.6 Å². The summed E-state index contributed by atoms with van der Waals surface area (Å²) in [5.74, 6) is 1.24. The van der Waals surface area contributed by atoms with Crippen molar-refractivity contribution in [3.8, 4) is 11.9 Å². The van der Waals surface area contributed by atoms with Gasteiger partial charge in [0.1, 0.15) is 46.6 Å². The van der Waals surface area contributed by atoms with Crippen molar-refractivity contribution in [1.82, 2.24) is 34.4 Å². The Bertz CT molecular complexity index is 2670. The lowest BCUT2D eigenvalue weighted by Crippen LogP contribution is -2.52. The van der Waals surface area contributed by atoms with Crippen LogP contribution in [0.25, 0.3) is 33.7 Å². The van der Waals surface area contributed by atoms with Crippen LogP contribution in [0, 0.1) is 36.8 Å². The van der Waals surface area contributed by atoms with Gasteiger partial charge in [0, 0.05) is 55.3 Å². The first-order chi connectivity index (χ1) is 26.3. The van der Waals surface area contributed by atoms with E-state index >= 15 is 0 Å². The van der Waals surface area contributed by atoms with Crippen LogP contribution in [0.15, 0.2) is 102 Å². The molecule has 0 bridgehead atoms. The van der Waals surface area contributed by atoms with Gasteiger partial charge < -0.3 is 27.0 Å². The van der Waals surface area contributed by atoms with E-state index in [4.69, 9.17) is 22.5 Å². The fourth-order valence-corrected chi connectivity index (χ4v) is 6.22. The molecule has 1 unspecified atom stereocenters. The maximum atomic E-state index is 13.8. The van der Waals surface area contributed by atoms with Gasteiger partial charge in [-0.15, -0.1) is 0 Å². The van der Waals surface area contributed by atoms with Gasteiger partial charge in [-0.05, 0) is 74.5 Å². The van der Waals surface area contributed by atoms with Crippen LogP contribution < -0.4 is 32.7 Å². The molecule has 1 atom stereocenters. The molecule has 3 aromatic heterocycles. The Morgan fingerprint density at radius 2 is 1.38 bits per heavy atom. The number of nitriles is 1. The third-order valence-electron chi connectivity index (χ3n) is 8.77. The van der Waals surface area contributed by atoms with E-state index in [1.807, 2.05) is 57.1 Å². The van der Waals surface area contributed by atoms with Crippen LogP contribution >= 0.6 is 0 Å². The predicted octanol–water partition coefficient (Wildman–Crippen LogP) is 5.54. The molecular weight excluding hydrogens is 703 g/mol. The molecule has 276 valence electrons. The number of benzene rings is 4. The average Bonchev–Trinajstić information content (AvgIpc) is 3.65. The van der Waals surface area contributed by atoms with Crippen LogP contribution in [0.2, 0.25) is 0 Å². The molecule has 4 heterocycles. The number of imidazole rings is 2. The van der Waals surface area contributed by atoms with Crippen LogP contribution in [0.4, 0.5) is 31.9 Å². The van der Waals surface area contributed by atoms with Crippen molar-refractivity contribution in [3.05, 3.63) is 131 Å². The number of hydrogen-bond acceptors (Lipinski definition) is 12. The highest BCUT2D eigenvalue weighted by molar-refractivity contribution is 5.98. The number of hydrogen-bond donors (Lipinski definition) is 5. The number of nitrogens with one attached hydrogen (secondary N) is 2. The summed E-state index contributed by atoms with van der Waals surface area (Å²) in [6, 6.07) is 27.1. The van der Waals surface area contributed by atoms with Crippen LogP contribution in [0.3, 0.4) is 0 Å². The van der Waals surface area contributed by atoms with Crippen molar-refractivity contribution in [1.29, 1.82) is 5.26 Å². The molecule has 14 nitrogen and oxygen atoms in total. The quantitative estimate of drug-likeness (QED) is 0.143. The number of rotatable bonds is 6. The van der Waals surface area contributed by atoms with Gasteiger partial charge in [-0.1, -0.05) is 12.1 Å². The van der Waals surface area contributed by atoms with Gasteiger partial charge in [-0.2, -0.15) is 15.2 Å². The van der Waals surface area contributed by atoms with E-state index in [0.717, 1.165) is 11.3 Å². The third kappa shape index (κ3) is 7.32. The number of nitrogen functional groups attached to an aromatic ring is 1. The molecule has 1 aliphatic rings.